The largest absolute Gasteiger partial charge is 0.478 e. The number of ether oxygens (including phenoxy) is 1. The average molecular weight is 403 g/mol. The Hall–Kier alpha value is -1.42. The van der Waals surface area contributed by atoms with Crippen LogP contribution in [0.2, 0.25) is 0 Å². The summed E-state index contributed by atoms with van der Waals surface area (Å²) in [4.78, 5) is 8.36. The summed E-state index contributed by atoms with van der Waals surface area (Å²) in [5.74, 6) is 0.948. The highest BCUT2D eigenvalue weighted by atomic mass is 127. The number of aliphatic hydroxyl groups is 1. The zero-order valence-corrected chi connectivity index (χ0v) is 14.3. The molecule has 7 nitrogen and oxygen atoms in total. The molecule has 0 spiro atoms. The van der Waals surface area contributed by atoms with Crippen molar-refractivity contribution in [1.82, 2.24) is 19.7 Å². The fourth-order valence-corrected chi connectivity index (χ4v) is 1.92. The highest BCUT2D eigenvalue weighted by Crippen LogP contribution is 2.25. The highest BCUT2D eigenvalue weighted by molar-refractivity contribution is 14.1. The van der Waals surface area contributed by atoms with Crippen molar-refractivity contribution in [2.45, 2.75) is 32.4 Å². The number of anilines is 2. The molecule has 0 fully saturated rings. The van der Waals surface area contributed by atoms with Crippen LogP contribution >= 0.6 is 22.6 Å². The lowest BCUT2D eigenvalue weighted by atomic mass is 10.1. The highest BCUT2D eigenvalue weighted by Gasteiger charge is 2.15. The fraction of sp³-hybridized carbons (Fsp3) is 0.462. The molecule has 0 amide bonds. The summed E-state index contributed by atoms with van der Waals surface area (Å²) in [6.07, 6.45) is 5.85. The van der Waals surface area contributed by atoms with E-state index in [9.17, 15) is 5.11 Å². The van der Waals surface area contributed by atoms with Gasteiger partial charge < -0.3 is 15.2 Å². The molecule has 0 saturated carbocycles. The Morgan fingerprint density at radius 2 is 2.05 bits per heavy atom. The van der Waals surface area contributed by atoms with Crippen molar-refractivity contribution >= 4 is 34.2 Å². The van der Waals surface area contributed by atoms with E-state index >= 15 is 0 Å². The van der Waals surface area contributed by atoms with Gasteiger partial charge in [0, 0.05) is 22.5 Å². The molecule has 0 aliphatic rings. The first kappa shape index (κ1) is 16.0. The minimum atomic E-state index is -0.730. The van der Waals surface area contributed by atoms with Crippen molar-refractivity contribution in [1.29, 1.82) is 0 Å². The maximum absolute atomic E-state index is 9.76. The van der Waals surface area contributed by atoms with Crippen LogP contribution in [-0.2, 0) is 6.54 Å². The van der Waals surface area contributed by atoms with E-state index < -0.39 is 5.60 Å². The molecule has 2 heterocycles. The Morgan fingerprint density at radius 1 is 1.38 bits per heavy atom. The molecule has 2 N–H and O–H groups in total. The van der Waals surface area contributed by atoms with Crippen molar-refractivity contribution in [2.75, 3.05) is 12.4 Å². The van der Waals surface area contributed by atoms with Gasteiger partial charge in [-0.25, -0.2) is 9.97 Å². The van der Waals surface area contributed by atoms with Crippen molar-refractivity contribution < 1.29 is 9.84 Å². The summed E-state index contributed by atoms with van der Waals surface area (Å²) in [5, 5.41) is 17.1. The third-order valence-electron chi connectivity index (χ3n) is 2.74. The number of aromatic nitrogens is 4. The Labute approximate surface area is 136 Å². The molecule has 21 heavy (non-hydrogen) atoms. The molecule has 8 heteroatoms. The van der Waals surface area contributed by atoms with Crippen molar-refractivity contribution in [2.24, 2.45) is 0 Å². The topological polar surface area (TPSA) is 85.1 Å². The van der Waals surface area contributed by atoms with Crippen LogP contribution in [0.15, 0.2) is 18.6 Å². The van der Waals surface area contributed by atoms with Crippen LogP contribution in [-0.4, -0.2) is 37.6 Å². The summed E-state index contributed by atoms with van der Waals surface area (Å²) in [7, 11) is 1.56. The second kappa shape index (κ2) is 6.56. The lowest BCUT2D eigenvalue weighted by Crippen LogP contribution is -2.21. The first-order chi connectivity index (χ1) is 9.87. The predicted octanol–water partition coefficient (Wildman–Crippen LogP) is 2.19. The van der Waals surface area contributed by atoms with Gasteiger partial charge in [-0.1, -0.05) is 0 Å². The van der Waals surface area contributed by atoms with Gasteiger partial charge in [0.25, 0.3) is 5.88 Å². The summed E-state index contributed by atoms with van der Waals surface area (Å²) >= 11 is 2.15. The lowest BCUT2D eigenvalue weighted by Gasteiger charge is -2.16. The van der Waals surface area contributed by atoms with E-state index in [2.05, 4.69) is 43.0 Å². The van der Waals surface area contributed by atoms with Crippen molar-refractivity contribution in [3.63, 3.8) is 0 Å². The Bertz CT molecular complexity index is 592. The molecule has 2 rings (SSSR count). The third-order valence-corrected chi connectivity index (χ3v) is 3.30. The molecule has 0 unspecified atom stereocenters. The lowest BCUT2D eigenvalue weighted by molar-refractivity contribution is 0.0650. The van der Waals surface area contributed by atoms with Gasteiger partial charge in [-0.2, -0.15) is 0 Å². The number of nitrogens with one attached hydrogen (secondary N) is 1. The number of halogens is 1. The summed E-state index contributed by atoms with van der Waals surface area (Å²) in [6, 6.07) is 0. The normalized spacial score (nSPS) is 11.5. The zero-order valence-electron chi connectivity index (χ0n) is 12.2. The molecule has 2 aromatic rings. The van der Waals surface area contributed by atoms with E-state index in [1.165, 1.54) is 0 Å². The Kier molecular flexibility index (Phi) is 4.99. The first-order valence-electron chi connectivity index (χ1n) is 6.46. The van der Waals surface area contributed by atoms with Crippen LogP contribution < -0.4 is 10.1 Å². The van der Waals surface area contributed by atoms with E-state index in [1.54, 1.807) is 38.0 Å². The van der Waals surface area contributed by atoms with Crippen LogP contribution in [0.3, 0.4) is 0 Å². The number of methoxy groups -OCH3 is 1. The number of hydrogen-bond donors (Lipinski definition) is 2. The third kappa shape index (κ3) is 4.81. The Balaban J connectivity index is 2.11. The quantitative estimate of drug-likeness (QED) is 0.720. The van der Waals surface area contributed by atoms with Crippen LogP contribution in [0.1, 0.15) is 20.3 Å². The maximum atomic E-state index is 9.76. The monoisotopic (exact) mass is 403 g/mol. The van der Waals surface area contributed by atoms with E-state index in [-0.39, 0.29) is 0 Å². The van der Waals surface area contributed by atoms with Gasteiger partial charge in [0.1, 0.15) is 5.69 Å². The van der Waals surface area contributed by atoms with Gasteiger partial charge in [-0.05, 0) is 42.9 Å². The molecule has 0 aliphatic carbocycles. The van der Waals surface area contributed by atoms with Gasteiger partial charge in [0.15, 0.2) is 0 Å². The number of rotatable bonds is 6. The number of nitrogens with zero attached hydrogens (tertiary/aromatic N) is 4. The van der Waals surface area contributed by atoms with Crippen molar-refractivity contribution in [3.05, 3.63) is 22.2 Å². The molecule has 0 radical (unpaired) electrons. The summed E-state index contributed by atoms with van der Waals surface area (Å²) < 4.78 is 7.93. The van der Waals surface area contributed by atoms with Gasteiger partial charge >= 0.3 is 0 Å². The smallest absolute Gasteiger partial charge is 0.256 e. The Morgan fingerprint density at radius 3 is 2.62 bits per heavy atom. The summed E-state index contributed by atoms with van der Waals surface area (Å²) in [5.41, 5.74) is -0.0408. The minimum absolute atomic E-state index is 0.466. The number of aryl methyl sites for hydroxylation is 1. The first-order valence-corrected chi connectivity index (χ1v) is 7.53. The standard InChI is InChI=1S/C13H18IN5O2/c1-13(2,20)4-5-19-8-10(11(18-19)21-3)17-12-15-6-9(14)7-16-12/h6-8,20H,4-5H2,1-3H3,(H,15,16,17). The predicted molar refractivity (Wildman–Crippen MR) is 87.7 cm³/mol. The molecule has 0 aromatic carbocycles. The van der Waals surface area contributed by atoms with E-state index in [0.29, 0.717) is 30.5 Å². The van der Waals surface area contributed by atoms with Gasteiger partial charge in [-0.15, -0.1) is 5.10 Å². The maximum Gasteiger partial charge on any atom is 0.256 e. The van der Waals surface area contributed by atoms with Crippen LogP contribution in [0.4, 0.5) is 11.6 Å². The molecule has 114 valence electrons. The minimum Gasteiger partial charge on any atom is -0.478 e. The second-order valence-electron chi connectivity index (χ2n) is 5.23. The summed E-state index contributed by atoms with van der Waals surface area (Å²) in [6.45, 7) is 4.13. The van der Waals surface area contributed by atoms with Gasteiger partial charge in [-0.3, -0.25) is 4.68 Å². The fourth-order valence-electron chi connectivity index (χ4n) is 1.64. The molecular weight excluding hydrogens is 385 g/mol. The van der Waals surface area contributed by atoms with Crippen molar-refractivity contribution in [3.8, 4) is 5.88 Å². The van der Waals surface area contributed by atoms with Gasteiger partial charge in [0.05, 0.1) is 18.9 Å². The van der Waals surface area contributed by atoms with Crippen LogP contribution in [0, 0.1) is 3.57 Å². The van der Waals surface area contributed by atoms with E-state index in [1.807, 2.05) is 6.20 Å². The molecule has 0 atom stereocenters. The van der Waals surface area contributed by atoms with Gasteiger partial charge in [0.2, 0.25) is 5.95 Å². The molecule has 0 aliphatic heterocycles. The molecule has 0 saturated heterocycles. The van der Waals surface area contributed by atoms with Crippen LogP contribution in [0.25, 0.3) is 0 Å². The second-order valence-corrected chi connectivity index (χ2v) is 6.47. The molecular formula is C13H18IN5O2. The molecule has 0 bridgehead atoms. The average Bonchev–Trinajstić information content (AvgIpc) is 2.81. The van der Waals surface area contributed by atoms with Crippen LogP contribution in [0.5, 0.6) is 5.88 Å². The zero-order chi connectivity index (χ0) is 15.5. The SMILES string of the molecule is COc1nn(CCC(C)(C)O)cc1Nc1ncc(I)cn1. The van der Waals surface area contributed by atoms with E-state index in [0.717, 1.165) is 3.57 Å². The molecule has 2 aromatic heterocycles. The van der Waals surface area contributed by atoms with E-state index in [4.69, 9.17) is 4.74 Å². The number of hydrogen-bond acceptors (Lipinski definition) is 6.